The molecule has 0 N–H and O–H groups in total. The average molecular weight is 386 g/mol. The number of allylic oxidation sites excluding steroid dienone is 1. The first-order chi connectivity index (χ1) is 14.1. The highest BCUT2D eigenvalue weighted by Crippen LogP contribution is 2.45. The molecule has 3 nitrogen and oxygen atoms in total. The number of fused-ring (bicyclic) bond motifs is 5. The molecule has 1 fully saturated rings. The molecule has 2 heterocycles. The van der Waals surface area contributed by atoms with E-state index in [1.165, 1.54) is 33.4 Å². The quantitative estimate of drug-likeness (QED) is 0.598. The van der Waals surface area contributed by atoms with Gasteiger partial charge in [0.15, 0.2) is 0 Å². The van der Waals surface area contributed by atoms with E-state index in [2.05, 4.69) is 68.1 Å². The number of benzene rings is 2. The highest BCUT2D eigenvalue weighted by atomic mass is 16.6. The second-order valence-corrected chi connectivity index (χ2v) is 8.67. The molecule has 2 atom stereocenters. The Hall–Kier alpha value is -2.81. The smallest absolute Gasteiger partial charge is 0.410 e. The molecule has 29 heavy (non-hydrogen) atoms. The maximum Gasteiger partial charge on any atom is 0.410 e. The first-order valence-electron chi connectivity index (χ1n) is 10.6. The SMILES string of the molecule is C=C(C)CC1=CC2CCC(C1)N2C(=O)OCC1c2ccccc2-c2ccccc21. The Bertz CT molecular complexity index is 960. The second kappa shape index (κ2) is 7.22. The monoisotopic (exact) mass is 385 g/mol. The van der Waals surface area contributed by atoms with Crippen LogP contribution >= 0.6 is 0 Å². The average Bonchev–Trinajstić information content (AvgIpc) is 3.18. The van der Waals surface area contributed by atoms with Crippen molar-refractivity contribution in [1.82, 2.24) is 4.90 Å². The van der Waals surface area contributed by atoms with Crippen LogP contribution in [0, 0.1) is 0 Å². The molecule has 3 aliphatic rings. The van der Waals surface area contributed by atoms with Crippen LogP contribution in [0.1, 0.15) is 49.7 Å². The van der Waals surface area contributed by atoms with Gasteiger partial charge in [-0.05, 0) is 54.9 Å². The number of carbonyl (C=O) groups excluding carboxylic acids is 1. The first kappa shape index (κ1) is 18.2. The van der Waals surface area contributed by atoms with E-state index in [1.54, 1.807) is 0 Å². The minimum absolute atomic E-state index is 0.114. The molecule has 5 rings (SSSR count). The summed E-state index contributed by atoms with van der Waals surface area (Å²) in [7, 11) is 0. The third-order valence-corrected chi connectivity index (χ3v) is 6.55. The standard InChI is InChI=1S/C26H27NO2/c1-17(2)13-18-14-19-11-12-20(15-18)27(19)26(28)29-16-25-23-9-5-3-7-21(23)22-8-4-6-10-24(22)25/h3-10,14,19-20,25H,1,11-13,15-16H2,2H3. The Labute approximate surface area is 172 Å². The van der Waals surface area contributed by atoms with Gasteiger partial charge in [0.05, 0.1) is 6.04 Å². The predicted octanol–water partition coefficient (Wildman–Crippen LogP) is 6.06. The molecule has 0 spiro atoms. The molecular formula is C26H27NO2. The molecule has 1 aliphatic carbocycles. The lowest BCUT2D eigenvalue weighted by molar-refractivity contribution is 0.0850. The third-order valence-electron chi connectivity index (χ3n) is 6.55. The van der Waals surface area contributed by atoms with E-state index in [1.807, 2.05) is 4.90 Å². The lowest BCUT2D eigenvalue weighted by atomic mass is 9.96. The molecular weight excluding hydrogens is 358 g/mol. The summed E-state index contributed by atoms with van der Waals surface area (Å²) in [4.78, 5) is 15.0. The molecule has 148 valence electrons. The van der Waals surface area contributed by atoms with Crippen molar-refractivity contribution in [2.75, 3.05) is 6.61 Å². The van der Waals surface area contributed by atoms with Crippen LogP contribution in [0.2, 0.25) is 0 Å². The lowest BCUT2D eigenvalue weighted by Gasteiger charge is -2.33. The first-order valence-corrected chi connectivity index (χ1v) is 10.6. The summed E-state index contributed by atoms with van der Waals surface area (Å²) < 4.78 is 5.92. The van der Waals surface area contributed by atoms with Crippen molar-refractivity contribution in [3.8, 4) is 11.1 Å². The number of carbonyl (C=O) groups is 1. The molecule has 2 bridgehead atoms. The molecule has 2 aliphatic heterocycles. The number of hydrogen-bond donors (Lipinski definition) is 0. The molecule has 0 radical (unpaired) electrons. The number of hydrogen-bond acceptors (Lipinski definition) is 2. The highest BCUT2D eigenvalue weighted by Gasteiger charge is 2.40. The Morgan fingerprint density at radius 1 is 1.07 bits per heavy atom. The predicted molar refractivity (Wildman–Crippen MR) is 116 cm³/mol. The summed E-state index contributed by atoms with van der Waals surface area (Å²) in [6.45, 7) is 6.50. The zero-order valence-corrected chi connectivity index (χ0v) is 16.9. The summed E-state index contributed by atoms with van der Waals surface area (Å²) in [6, 6.07) is 17.4. The molecule has 1 amide bonds. The van der Waals surface area contributed by atoms with Gasteiger partial charge in [-0.3, -0.25) is 4.90 Å². The fourth-order valence-corrected chi connectivity index (χ4v) is 5.39. The van der Waals surface area contributed by atoms with E-state index in [4.69, 9.17) is 4.74 Å². The van der Waals surface area contributed by atoms with Gasteiger partial charge in [-0.15, -0.1) is 0 Å². The van der Waals surface area contributed by atoms with Gasteiger partial charge in [0.1, 0.15) is 6.61 Å². The topological polar surface area (TPSA) is 29.5 Å². The summed E-state index contributed by atoms with van der Waals surface area (Å²) in [6.07, 6.45) is 6.11. The van der Waals surface area contributed by atoms with Gasteiger partial charge < -0.3 is 4.74 Å². The summed E-state index contributed by atoms with van der Waals surface area (Å²) in [5, 5.41) is 0. The second-order valence-electron chi connectivity index (χ2n) is 8.67. The van der Waals surface area contributed by atoms with Crippen LogP contribution in [0.25, 0.3) is 11.1 Å². The zero-order valence-electron chi connectivity index (χ0n) is 16.9. The van der Waals surface area contributed by atoms with E-state index in [9.17, 15) is 4.79 Å². The maximum atomic E-state index is 13.0. The zero-order chi connectivity index (χ0) is 20.0. The van der Waals surface area contributed by atoms with E-state index in [-0.39, 0.29) is 24.1 Å². The molecule has 0 saturated carbocycles. The summed E-state index contributed by atoms with van der Waals surface area (Å²) >= 11 is 0. The van der Waals surface area contributed by atoms with Crippen molar-refractivity contribution in [2.24, 2.45) is 0 Å². The van der Waals surface area contributed by atoms with Gasteiger partial charge in [0.25, 0.3) is 0 Å². The molecule has 2 aromatic rings. The largest absolute Gasteiger partial charge is 0.448 e. The Kier molecular flexibility index (Phi) is 4.54. The van der Waals surface area contributed by atoms with Gasteiger partial charge in [-0.2, -0.15) is 0 Å². The fourth-order valence-electron chi connectivity index (χ4n) is 5.39. The number of amides is 1. The Morgan fingerprint density at radius 3 is 2.34 bits per heavy atom. The van der Waals surface area contributed by atoms with Crippen LogP contribution in [0.15, 0.2) is 72.3 Å². The van der Waals surface area contributed by atoms with E-state index in [0.717, 1.165) is 25.7 Å². The van der Waals surface area contributed by atoms with Gasteiger partial charge in [0, 0.05) is 12.0 Å². The van der Waals surface area contributed by atoms with Crippen molar-refractivity contribution in [3.05, 3.63) is 83.5 Å². The minimum atomic E-state index is -0.162. The van der Waals surface area contributed by atoms with Crippen LogP contribution < -0.4 is 0 Å². The van der Waals surface area contributed by atoms with Crippen LogP contribution in [-0.2, 0) is 4.74 Å². The van der Waals surface area contributed by atoms with Crippen LogP contribution in [0.4, 0.5) is 4.79 Å². The molecule has 2 unspecified atom stereocenters. The molecule has 0 aromatic heterocycles. The van der Waals surface area contributed by atoms with Crippen LogP contribution in [-0.4, -0.2) is 29.7 Å². The molecule has 1 saturated heterocycles. The van der Waals surface area contributed by atoms with Crippen molar-refractivity contribution in [1.29, 1.82) is 0 Å². The van der Waals surface area contributed by atoms with E-state index in [0.29, 0.717) is 6.61 Å². The molecule has 2 aromatic carbocycles. The summed E-state index contributed by atoms with van der Waals surface area (Å²) in [5.41, 5.74) is 7.64. The van der Waals surface area contributed by atoms with Crippen LogP contribution in [0.5, 0.6) is 0 Å². The van der Waals surface area contributed by atoms with Crippen molar-refractivity contribution >= 4 is 6.09 Å². The van der Waals surface area contributed by atoms with Gasteiger partial charge in [-0.1, -0.05) is 72.3 Å². The summed E-state index contributed by atoms with van der Waals surface area (Å²) in [5.74, 6) is 0.114. The van der Waals surface area contributed by atoms with Gasteiger partial charge in [0.2, 0.25) is 0 Å². The van der Waals surface area contributed by atoms with Gasteiger partial charge in [-0.25, -0.2) is 4.79 Å². The Morgan fingerprint density at radius 2 is 1.72 bits per heavy atom. The van der Waals surface area contributed by atoms with E-state index < -0.39 is 0 Å². The maximum absolute atomic E-state index is 13.0. The van der Waals surface area contributed by atoms with Crippen molar-refractivity contribution in [3.63, 3.8) is 0 Å². The fraction of sp³-hybridized carbons (Fsp3) is 0.346. The third kappa shape index (κ3) is 3.19. The minimum Gasteiger partial charge on any atom is -0.448 e. The van der Waals surface area contributed by atoms with Crippen molar-refractivity contribution in [2.45, 2.75) is 50.6 Å². The van der Waals surface area contributed by atoms with Crippen molar-refractivity contribution < 1.29 is 9.53 Å². The number of ether oxygens (including phenoxy) is 1. The van der Waals surface area contributed by atoms with Gasteiger partial charge >= 0.3 is 6.09 Å². The number of rotatable bonds is 4. The molecule has 3 heteroatoms. The highest BCUT2D eigenvalue weighted by molar-refractivity contribution is 5.79. The Balaban J connectivity index is 1.32. The van der Waals surface area contributed by atoms with Crippen LogP contribution in [0.3, 0.4) is 0 Å². The normalized spacial score (nSPS) is 22.1. The van der Waals surface area contributed by atoms with E-state index >= 15 is 0 Å². The number of nitrogens with zero attached hydrogens (tertiary/aromatic N) is 1. The lowest BCUT2D eigenvalue weighted by Crippen LogP contribution is -2.43.